The third-order valence-corrected chi connectivity index (χ3v) is 3.90. The van der Waals surface area contributed by atoms with Crippen molar-refractivity contribution in [2.24, 2.45) is 0 Å². The van der Waals surface area contributed by atoms with Crippen molar-refractivity contribution in [3.8, 4) is 0 Å². The summed E-state index contributed by atoms with van der Waals surface area (Å²) in [6.07, 6.45) is 0.147. The number of benzene rings is 1. The van der Waals surface area contributed by atoms with Crippen molar-refractivity contribution >= 4 is 17.8 Å². The number of rotatable bonds is 5. The van der Waals surface area contributed by atoms with Crippen LogP contribution in [0.5, 0.6) is 0 Å². The summed E-state index contributed by atoms with van der Waals surface area (Å²) >= 11 is 0. The molecule has 0 aliphatic carbocycles. The van der Waals surface area contributed by atoms with Crippen LogP contribution in [0.1, 0.15) is 32.8 Å². The molecule has 2 rings (SSSR count). The molecule has 1 aromatic carbocycles. The highest BCUT2D eigenvalue weighted by Crippen LogP contribution is 2.26. The van der Waals surface area contributed by atoms with E-state index in [9.17, 15) is 14.4 Å². The molecule has 0 spiro atoms. The van der Waals surface area contributed by atoms with Crippen LogP contribution < -0.4 is 5.32 Å². The highest BCUT2D eigenvalue weighted by atomic mass is 16.5. The van der Waals surface area contributed by atoms with Crippen LogP contribution >= 0.6 is 0 Å². The van der Waals surface area contributed by atoms with Gasteiger partial charge in [-0.15, -0.1) is 0 Å². The normalized spacial score (nSPS) is 17.7. The standard InChI is InChI=1S/C18H22N2O4/c1-4-24-18(23)15-10-16(19-13(3)21)17(22)20(12(15)2)11-14-8-6-5-7-9-14/h5-9,16H,4,10-11H2,1-3H3,(H,19,21). The van der Waals surface area contributed by atoms with E-state index < -0.39 is 12.0 Å². The van der Waals surface area contributed by atoms with Gasteiger partial charge >= 0.3 is 5.97 Å². The maximum absolute atomic E-state index is 12.7. The fraction of sp³-hybridized carbons (Fsp3) is 0.389. The van der Waals surface area contributed by atoms with Crippen molar-refractivity contribution in [2.45, 2.75) is 39.8 Å². The first-order chi connectivity index (χ1) is 11.4. The molecule has 2 amide bonds. The molecule has 1 aliphatic rings. The van der Waals surface area contributed by atoms with Crippen LogP contribution in [0.25, 0.3) is 0 Å². The number of nitrogens with zero attached hydrogens (tertiary/aromatic N) is 1. The topological polar surface area (TPSA) is 75.7 Å². The van der Waals surface area contributed by atoms with E-state index in [2.05, 4.69) is 5.32 Å². The molecule has 0 saturated carbocycles. The highest BCUT2D eigenvalue weighted by molar-refractivity contribution is 5.96. The summed E-state index contributed by atoms with van der Waals surface area (Å²) in [6, 6.07) is 8.74. The number of hydrogen-bond donors (Lipinski definition) is 1. The van der Waals surface area contributed by atoms with Crippen LogP contribution in [0.4, 0.5) is 0 Å². The fourth-order valence-electron chi connectivity index (χ4n) is 2.73. The van der Waals surface area contributed by atoms with Gasteiger partial charge in [-0.1, -0.05) is 30.3 Å². The molecule has 1 unspecified atom stereocenters. The van der Waals surface area contributed by atoms with Crippen molar-refractivity contribution in [3.63, 3.8) is 0 Å². The summed E-state index contributed by atoms with van der Waals surface area (Å²) in [7, 11) is 0. The fourth-order valence-corrected chi connectivity index (χ4v) is 2.73. The highest BCUT2D eigenvalue weighted by Gasteiger charge is 2.36. The Hall–Kier alpha value is -2.63. The number of carbonyl (C=O) groups excluding carboxylic acids is 3. The number of carbonyl (C=O) groups is 3. The van der Waals surface area contributed by atoms with Gasteiger partial charge in [0.1, 0.15) is 6.04 Å². The largest absolute Gasteiger partial charge is 0.463 e. The number of esters is 1. The Morgan fingerprint density at radius 3 is 2.54 bits per heavy atom. The molecule has 1 N–H and O–H groups in total. The van der Waals surface area contributed by atoms with Gasteiger partial charge in [0.05, 0.1) is 18.7 Å². The molecule has 1 aliphatic heterocycles. The molecule has 0 aromatic heterocycles. The van der Waals surface area contributed by atoms with Crippen molar-refractivity contribution in [3.05, 3.63) is 47.2 Å². The SMILES string of the molecule is CCOC(=O)C1=C(C)N(Cc2ccccc2)C(=O)C(NC(C)=O)C1. The summed E-state index contributed by atoms with van der Waals surface area (Å²) < 4.78 is 5.09. The summed E-state index contributed by atoms with van der Waals surface area (Å²) in [5.74, 6) is -0.980. The molecule has 0 fully saturated rings. The van der Waals surface area contributed by atoms with Gasteiger partial charge in [-0.2, -0.15) is 0 Å². The molecular weight excluding hydrogens is 308 g/mol. The predicted molar refractivity (Wildman–Crippen MR) is 88.5 cm³/mol. The molecule has 24 heavy (non-hydrogen) atoms. The lowest BCUT2D eigenvalue weighted by atomic mass is 9.97. The zero-order valence-electron chi connectivity index (χ0n) is 14.2. The first kappa shape index (κ1) is 17.7. The van der Waals surface area contributed by atoms with Crippen LogP contribution in [-0.4, -0.2) is 35.3 Å². The second kappa shape index (κ2) is 7.77. The number of nitrogens with one attached hydrogen (secondary N) is 1. The number of amides is 2. The third kappa shape index (κ3) is 4.01. The molecule has 0 radical (unpaired) electrons. The average molecular weight is 330 g/mol. The van der Waals surface area contributed by atoms with Crippen LogP contribution in [0.15, 0.2) is 41.6 Å². The van der Waals surface area contributed by atoms with Gasteiger partial charge in [-0.3, -0.25) is 9.59 Å². The lowest BCUT2D eigenvalue weighted by Crippen LogP contribution is -2.51. The minimum Gasteiger partial charge on any atom is -0.463 e. The minimum atomic E-state index is -0.755. The molecule has 6 heteroatoms. The van der Waals surface area contributed by atoms with E-state index in [1.54, 1.807) is 13.8 Å². The van der Waals surface area contributed by atoms with Crippen LogP contribution in [0.2, 0.25) is 0 Å². The summed E-state index contributed by atoms with van der Waals surface area (Å²) in [4.78, 5) is 37.9. The molecular formula is C18H22N2O4. The molecule has 128 valence electrons. The number of hydrogen-bond acceptors (Lipinski definition) is 4. The van der Waals surface area contributed by atoms with Crippen molar-refractivity contribution in [1.82, 2.24) is 10.2 Å². The smallest absolute Gasteiger partial charge is 0.335 e. The van der Waals surface area contributed by atoms with E-state index >= 15 is 0 Å². The van der Waals surface area contributed by atoms with Crippen molar-refractivity contribution in [1.29, 1.82) is 0 Å². The Kier molecular flexibility index (Phi) is 5.73. The van der Waals surface area contributed by atoms with Gasteiger partial charge in [-0.05, 0) is 19.4 Å². The quantitative estimate of drug-likeness (QED) is 0.835. The molecule has 1 heterocycles. The minimum absolute atomic E-state index is 0.147. The van der Waals surface area contributed by atoms with E-state index in [4.69, 9.17) is 4.74 Å². The summed E-state index contributed by atoms with van der Waals surface area (Å²) in [5, 5.41) is 2.62. The zero-order chi connectivity index (χ0) is 17.7. The van der Waals surface area contributed by atoms with Crippen LogP contribution in [0, 0.1) is 0 Å². The lowest BCUT2D eigenvalue weighted by Gasteiger charge is -2.34. The Labute approximate surface area is 141 Å². The Balaban J connectivity index is 2.35. The summed E-state index contributed by atoms with van der Waals surface area (Å²) in [6.45, 7) is 5.41. The van der Waals surface area contributed by atoms with Gasteiger partial charge in [0.25, 0.3) is 0 Å². The van der Waals surface area contributed by atoms with Gasteiger partial charge in [0.15, 0.2) is 0 Å². The van der Waals surface area contributed by atoms with E-state index in [0.29, 0.717) is 17.8 Å². The first-order valence-corrected chi connectivity index (χ1v) is 7.93. The second-order valence-corrected chi connectivity index (χ2v) is 5.65. The van der Waals surface area contributed by atoms with E-state index in [1.807, 2.05) is 30.3 Å². The Bertz CT molecular complexity index is 667. The second-order valence-electron chi connectivity index (χ2n) is 5.65. The van der Waals surface area contributed by atoms with Gasteiger partial charge < -0.3 is 15.0 Å². The van der Waals surface area contributed by atoms with E-state index in [0.717, 1.165) is 5.56 Å². The summed E-state index contributed by atoms with van der Waals surface area (Å²) in [5.41, 5.74) is 1.94. The van der Waals surface area contributed by atoms with Crippen LogP contribution in [-0.2, 0) is 25.7 Å². The van der Waals surface area contributed by atoms with E-state index in [-0.39, 0.29) is 24.8 Å². The van der Waals surface area contributed by atoms with Gasteiger partial charge in [0.2, 0.25) is 11.8 Å². The molecule has 6 nitrogen and oxygen atoms in total. The number of ether oxygens (including phenoxy) is 1. The van der Waals surface area contributed by atoms with Gasteiger partial charge in [0, 0.05) is 19.0 Å². The Morgan fingerprint density at radius 2 is 1.96 bits per heavy atom. The first-order valence-electron chi connectivity index (χ1n) is 7.93. The number of allylic oxidation sites excluding steroid dienone is 1. The zero-order valence-corrected chi connectivity index (χ0v) is 14.2. The monoisotopic (exact) mass is 330 g/mol. The molecule has 1 aromatic rings. The van der Waals surface area contributed by atoms with Crippen molar-refractivity contribution in [2.75, 3.05) is 6.61 Å². The van der Waals surface area contributed by atoms with E-state index in [1.165, 1.54) is 11.8 Å². The third-order valence-electron chi connectivity index (χ3n) is 3.90. The van der Waals surface area contributed by atoms with Crippen molar-refractivity contribution < 1.29 is 19.1 Å². The predicted octanol–water partition coefficient (Wildman–Crippen LogP) is 1.76. The molecule has 1 atom stereocenters. The van der Waals surface area contributed by atoms with Crippen LogP contribution in [0.3, 0.4) is 0 Å². The Morgan fingerprint density at radius 1 is 1.29 bits per heavy atom. The maximum Gasteiger partial charge on any atom is 0.335 e. The maximum atomic E-state index is 12.7. The van der Waals surface area contributed by atoms with Gasteiger partial charge in [-0.25, -0.2) is 4.79 Å². The molecule has 0 saturated heterocycles. The average Bonchev–Trinajstić information content (AvgIpc) is 2.55. The lowest BCUT2D eigenvalue weighted by molar-refractivity contribution is -0.141. The molecule has 0 bridgehead atoms.